The summed E-state index contributed by atoms with van der Waals surface area (Å²) in [6, 6.07) is 13.8. The first-order valence-electron chi connectivity index (χ1n) is 5.57. The fraction of sp³-hybridized carbons (Fsp3) is 0. The average Bonchev–Trinajstić information content (AvgIpc) is 2.45. The van der Waals surface area contributed by atoms with Crippen molar-refractivity contribution in [3.05, 3.63) is 65.5 Å². The number of nitrogens with zero attached hydrogens (tertiary/aromatic N) is 2. The summed E-state index contributed by atoms with van der Waals surface area (Å²) in [5.74, 6) is -1.05. The number of aromatic nitrogens is 1. The number of carbonyl (C=O) groups is 1. The van der Waals surface area contributed by atoms with Gasteiger partial charge in [-0.25, -0.2) is 4.79 Å². The first-order valence-corrected chi connectivity index (χ1v) is 5.57. The molecule has 1 aromatic heterocycles. The lowest BCUT2D eigenvalue weighted by Gasteiger charge is -2.02. The van der Waals surface area contributed by atoms with Gasteiger partial charge < -0.3 is 5.11 Å². The van der Waals surface area contributed by atoms with E-state index < -0.39 is 5.97 Å². The molecule has 4 nitrogen and oxygen atoms in total. The third-order valence-corrected chi connectivity index (χ3v) is 2.50. The minimum absolute atomic E-state index is 0.0932. The fourth-order valence-electron chi connectivity index (χ4n) is 1.63. The predicted molar refractivity (Wildman–Crippen MR) is 70.9 cm³/mol. The van der Waals surface area contributed by atoms with Gasteiger partial charge in [0.15, 0.2) is 0 Å². The average molecular weight is 250 g/mol. The molecule has 0 unspecified atom stereocenters. The SMILES string of the molecule is N#Cc1cccc(C=C(C(=O)O)c2ccccn2)c1. The van der Waals surface area contributed by atoms with Crippen molar-refractivity contribution in [2.75, 3.05) is 0 Å². The first-order chi connectivity index (χ1) is 9.20. The Morgan fingerprint density at radius 1 is 1.26 bits per heavy atom. The highest BCUT2D eigenvalue weighted by Crippen LogP contribution is 2.17. The molecular weight excluding hydrogens is 240 g/mol. The fourth-order valence-corrected chi connectivity index (χ4v) is 1.63. The van der Waals surface area contributed by atoms with E-state index in [4.69, 9.17) is 5.26 Å². The third-order valence-electron chi connectivity index (χ3n) is 2.50. The van der Waals surface area contributed by atoms with Crippen molar-refractivity contribution in [1.29, 1.82) is 5.26 Å². The molecule has 0 aliphatic carbocycles. The van der Waals surface area contributed by atoms with Crippen molar-refractivity contribution in [2.45, 2.75) is 0 Å². The summed E-state index contributed by atoms with van der Waals surface area (Å²) >= 11 is 0. The number of aliphatic carboxylic acids is 1. The van der Waals surface area contributed by atoms with Crippen LogP contribution in [0.2, 0.25) is 0 Å². The number of rotatable bonds is 3. The molecule has 0 aliphatic rings. The van der Waals surface area contributed by atoms with E-state index >= 15 is 0 Å². The van der Waals surface area contributed by atoms with Gasteiger partial charge in [-0.2, -0.15) is 5.26 Å². The van der Waals surface area contributed by atoms with Crippen LogP contribution in [0.4, 0.5) is 0 Å². The Bertz CT molecular complexity index is 670. The lowest BCUT2D eigenvalue weighted by atomic mass is 10.1. The minimum atomic E-state index is -1.05. The molecule has 4 heteroatoms. The van der Waals surface area contributed by atoms with Crippen LogP contribution in [0.5, 0.6) is 0 Å². The van der Waals surface area contributed by atoms with Gasteiger partial charge in [0.25, 0.3) is 0 Å². The van der Waals surface area contributed by atoms with E-state index in [0.717, 1.165) is 0 Å². The zero-order valence-electron chi connectivity index (χ0n) is 9.95. The summed E-state index contributed by atoms with van der Waals surface area (Å²) in [4.78, 5) is 15.3. The molecule has 0 atom stereocenters. The number of carboxylic acids is 1. The van der Waals surface area contributed by atoms with E-state index in [0.29, 0.717) is 16.8 Å². The molecule has 92 valence electrons. The Balaban J connectivity index is 2.48. The van der Waals surface area contributed by atoms with Gasteiger partial charge in [0, 0.05) is 6.20 Å². The van der Waals surface area contributed by atoms with Gasteiger partial charge in [-0.1, -0.05) is 18.2 Å². The molecule has 1 heterocycles. The third kappa shape index (κ3) is 3.05. The second-order valence-electron chi connectivity index (χ2n) is 3.82. The zero-order valence-corrected chi connectivity index (χ0v) is 9.95. The molecule has 19 heavy (non-hydrogen) atoms. The van der Waals surface area contributed by atoms with Crippen molar-refractivity contribution in [2.24, 2.45) is 0 Å². The van der Waals surface area contributed by atoms with Crippen molar-refractivity contribution in [3.8, 4) is 6.07 Å². The van der Waals surface area contributed by atoms with Gasteiger partial charge in [0.05, 0.1) is 22.9 Å². The predicted octanol–water partition coefficient (Wildman–Crippen LogP) is 2.58. The van der Waals surface area contributed by atoms with Crippen LogP contribution in [0.15, 0.2) is 48.7 Å². The monoisotopic (exact) mass is 250 g/mol. The molecule has 0 aliphatic heterocycles. The Morgan fingerprint density at radius 2 is 2.11 bits per heavy atom. The van der Waals surface area contributed by atoms with Crippen LogP contribution < -0.4 is 0 Å². The molecule has 0 spiro atoms. The molecule has 0 bridgehead atoms. The van der Waals surface area contributed by atoms with E-state index in [2.05, 4.69) is 4.98 Å². The highest BCUT2D eigenvalue weighted by atomic mass is 16.4. The lowest BCUT2D eigenvalue weighted by molar-refractivity contribution is -0.130. The smallest absolute Gasteiger partial charge is 0.337 e. The highest BCUT2D eigenvalue weighted by Gasteiger charge is 2.11. The molecule has 2 rings (SSSR count). The second-order valence-corrected chi connectivity index (χ2v) is 3.82. The summed E-state index contributed by atoms with van der Waals surface area (Å²) in [5.41, 5.74) is 1.62. The van der Waals surface area contributed by atoms with Crippen LogP contribution in [0.25, 0.3) is 11.6 Å². The summed E-state index contributed by atoms with van der Waals surface area (Å²) in [6.07, 6.45) is 3.04. The minimum Gasteiger partial charge on any atom is -0.478 e. The normalized spacial score (nSPS) is 10.8. The van der Waals surface area contributed by atoms with Crippen molar-refractivity contribution in [3.63, 3.8) is 0 Å². The van der Waals surface area contributed by atoms with Gasteiger partial charge in [-0.05, 0) is 35.9 Å². The van der Waals surface area contributed by atoms with Gasteiger partial charge in [-0.15, -0.1) is 0 Å². The standard InChI is InChI=1S/C15H10N2O2/c16-10-12-5-3-4-11(8-12)9-13(15(18)19)14-6-1-2-7-17-14/h1-9H,(H,18,19). The largest absolute Gasteiger partial charge is 0.478 e. The molecule has 0 saturated heterocycles. The van der Waals surface area contributed by atoms with Crippen LogP contribution in [0, 0.1) is 11.3 Å². The second kappa shape index (κ2) is 5.61. The van der Waals surface area contributed by atoms with Gasteiger partial charge in [0.1, 0.15) is 0 Å². The topological polar surface area (TPSA) is 74.0 Å². The lowest BCUT2D eigenvalue weighted by Crippen LogP contribution is -2.01. The van der Waals surface area contributed by atoms with Crippen molar-refractivity contribution < 1.29 is 9.90 Å². The maximum absolute atomic E-state index is 11.3. The molecular formula is C15H10N2O2. The van der Waals surface area contributed by atoms with E-state index in [9.17, 15) is 9.90 Å². The van der Waals surface area contributed by atoms with Crippen molar-refractivity contribution in [1.82, 2.24) is 4.98 Å². The highest BCUT2D eigenvalue weighted by molar-refractivity contribution is 6.20. The Hall–Kier alpha value is -2.93. The van der Waals surface area contributed by atoms with Crippen LogP contribution in [-0.2, 0) is 4.79 Å². The van der Waals surface area contributed by atoms with Crippen LogP contribution in [-0.4, -0.2) is 16.1 Å². The Morgan fingerprint density at radius 3 is 2.74 bits per heavy atom. The van der Waals surface area contributed by atoms with Crippen LogP contribution >= 0.6 is 0 Å². The van der Waals surface area contributed by atoms with Crippen molar-refractivity contribution >= 4 is 17.6 Å². The van der Waals surface area contributed by atoms with E-state index in [1.54, 1.807) is 42.5 Å². The summed E-state index contributed by atoms with van der Waals surface area (Å²) in [6.45, 7) is 0. The Kier molecular flexibility index (Phi) is 3.70. The van der Waals surface area contributed by atoms with Gasteiger partial charge in [0.2, 0.25) is 0 Å². The van der Waals surface area contributed by atoms with E-state index in [1.807, 2.05) is 6.07 Å². The molecule has 1 aromatic carbocycles. The van der Waals surface area contributed by atoms with Crippen LogP contribution in [0.1, 0.15) is 16.8 Å². The number of hydrogen-bond acceptors (Lipinski definition) is 3. The number of carboxylic acid groups (broad SMARTS) is 1. The Labute approximate surface area is 110 Å². The van der Waals surface area contributed by atoms with E-state index in [-0.39, 0.29) is 5.57 Å². The van der Waals surface area contributed by atoms with E-state index in [1.165, 1.54) is 12.3 Å². The summed E-state index contributed by atoms with van der Waals surface area (Å²) < 4.78 is 0. The zero-order chi connectivity index (χ0) is 13.7. The quantitative estimate of drug-likeness (QED) is 0.849. The maximum atomic E-state index is 11.3. The molecule has 0 amide bonds. The molecule has 2 aromatic rings. The number of pyridine rings is 1. The summed E-state index contributed by atoms with van der Waals surface area (Å²) in [7, 11) is 0. The number of nitriles is 1. The number of hydrogen-bond donors (Lipinski definition) is 1. The molecule has 0 radical (unpaired) electrons. The molecule has 0 fully saturated rings. The molecule has 1 N–H and O–H groups in total. The number of benzene rings is 1. The first kappa shape index (κ1) is 12.5. The molecule has 0 saturated carbocycles. The maximum Gasteiger partial charge on any atom is 0.337 e. The van der Waals surface area contributed by atoms with Crippen LogP contribution in [0.3, 0.4) is 0 Å². The van der Waals surface area contributed by atoms with Gasteiger partial charge in [-0.3, -0.25) is 4.98 Å². The summed E-state index contributed by atoms with van der Waals surface area (Å²) in [5, 5.41) is 18.1. The van der Waals surface area contributed by atoms with Gasteiger partial charge >= 0.3 is 5.97 Å².